The molecule has 132 valence electrons. The molecule has 2 heterocycles. The first kappa shape index (κ1) is 16.5. The smallest absolute Gasteiger partial charge is 0.0888 e. The Morgan fingerprint density at radius 1 is 1.16 bits per heavy atom. The molecule has 25 heavy (non-hydrogen) atoms. The van der Waals surface area contributed by atoms with Crippen molar-refractivity contribution in [3.8, 4) is 11.3 Å². The fourth-order valence-electron chi connectivity index (χ4n) is 4.70. The summed E-state index contributed by atoms with van der Waals surface area (Å²) in [7, 11) is 0. The number of anilines is 1. The Labute approximate surface area is 150 Å². The molecule has 0 spiro atoms. The lowest BCUT2D eigenvalue weighted by Gasteiger charge is -2.37. The lowest BCUT2D eigenvalue weighted by atomic mass is 9.78. The number of hydrogen-bond acceptors (Lipinski definition) is 4. The van der Waals surface area contributed by atoms with Gasteiger partial charge in [-0.3, -0.25) is 9.97 Å². The molecule has 0 saturated heterocycles. The van der Waals surface area contributed by atoms with Crippen LogP contribution in [-0.4, -0.2) is 40.5 Å². The van der Waals surface area contributed by atoms with Gasteiger partial charge in [0.05, 0.1) is 11.9 Å². The van der Waals surface area contributed by atoms with Crippen molar-refractivity contribution in [2.24, 2.45) is 0 Å². The molecule has 4 nitrogen and oxygen atoms in total. The molecule has 2 aromatic rings. The summed E-state index contributed by atoms with van der Waals surface area (Å²) in [5.74, 6) is 0.636. The highest BCUT2D eigenvalue weighted by molar-refractivity contribution is 5.74. The van der Waals surface area contributed by atoms with Crippen LogP contribution in [0.25, 0.3) is 11.3 Å². The van der Waals surface area contributed by atoms with E-state index >= 15 is 0 Å². The van der Waals surface area contributed by atoms with Crippen LogP contribution >= 0.6 is 0 Å². The van der Waals surface area contributed by atoms with Crippen molar-refractivity contribution in [2.75, 3.05) is 25.0 Å². The Morgan fingerprint density at radius 3 is 2.72 bits per heavy atom. The van der Waals surface area contributed by atoms with Gasteiger partial charge in [-0.25, -0.2) is 0 Å². The Hall–Kier alpha value is -1.94. The third-order valence-corrected chi connectivity index (χ3v) is 5.68. The predicted octanol–water partition coefficient (Wildman–Crippen LogP) is 4.09. The standard InChI is InChI=1S/C21H28N4/c1-3-9-25(10-4-2)16-11-15-13-24-19-6-5-17(18(12-16)21(15)19)20-14-22-7-8-23-20/h5-8,14-16,24H,3-4,9-13H2,1-2H3/t15-,16-/m1/s1. The average molecular weight is 336 g/mol. The summed E-state index contributed by atoms with van der Waals surface area (Å²) in [6.45, 7) is 8.07. The SMILES string of the molecule is CCCN(CCC)[C@H]1Cc2c(-c3cnccn3)ccc3c2[C@@H](CN3)C1. The second-order valence-electron chi connectivity index (χ2n) is 7.35. The second kappa shape index (κ2) is 7.12. The van der Waals surface area contributed by atoms with Crippen molar-refractivity contribution < 1.29 is 0 Å². The number of aromatic nitrogens is 2. The van der Waals surface area contributed by atoms with Crippen LogP contribution in [-0.2, 0) is 6.42 Å². The first-order valence-corrected chi connectivity index (χ1v) is 9.71. The summed E-state index contributed by atoms with van der Waals surface area (Å²) in [4.78, 5) is 11.6. The van der Waals surface area contributed by atoms with Gasteiger partial charge in [-0.2, -0.15) is 0 Å². The van der Waals surface area contributed by atoms with E-state index in [4.69, 9.17) is 0 Å². The zero-order valence-corrected chi connectivity index (χ0v) is 15.3. The molecule has 2 aliphatic rings. The van der Waals surface area contributed by atoms with Gasteiger partial charge in [0.2, 0.25) is 0 Å². The van der Waals surface area contributed by atoms with Gasteiger partial charge in [0.1, 0.15) is 0 Å². The van der Waals surface area contributed by atoms with Gasteiger partial charge in [-0.05, 0) is 56.0 Å². The van der Waals surface area contributed by atoms with E-state index in [0.29, 0.717) is 12.0 Å². The molecular weight excluding hydrogens is 308 g/mol. The molecule has 1 aromatic heterocycles. The molecule has 0 radical (unpaired) electrons. The minimum Gasteiger partial charge on any atom is -0.384 e. The minimum absolute atomic E-state index is 0.636. The fraction of sp³-hybridized carbons (Fsp3) is 0.524. The molecule has 1 aliphatic heterocycles. The van der Waals surface area contributed by atoms with Crippen molar-refractivity contribution in [1.29, 1.82) is 0 Å². The Morgan fingerprint density at radius 2 is 2.00 bits per heavy atom. The summed E-state index contributed by atoms with van der Waals surface area (Å²) in [5, 5.41) is 3.63. The van der Waals surface area contributed by atoms with Crippen molar-refractivity contribution in [2.45, 2.75) is 51.5 Å². The molecule has 0 saturated carbocycles. The summed E-state index contributed by atoms with van der Waals surface area (Å²) < 4.78 is 0. The van der Waals surface area contributed by atoms with E-state index in [9.17, 15) is 0 Å². The highest BCUT2D eigenvalue weighted by Crippen LogP contribution is 2.45. The van der Waals surface area contributed by atoms with Crippen molar-refractivity contribution in [3.05, 3.63) is 41.9 Å². The van der Waals surface area contributed by atoms with E-state index in [1.54, 1.807) is 18.0 Å². The molecule has 1 aliphatic carbocycles. The molecule has 0 amide bonds. The fourth-order valence-corrected chi connectivity index (χ4v) is 4.70. The van der Waals surface area contributed by atoms with E-state index in [0.717, 1.165) is 18.7 Å². The Kier molecular flexibility index (Phi) is 4.71. The quantitative estimate of drug-likeness (QED) is 0.862. The third-order valence-electron chi connectivity index (χ3n) is 5.68. The molecule has 0 unspecified atom stereocenters. The monoisotopic (exact) mass is 336 g/mol. The van der Waals surface area contributed by atoms with Crippen LogP contribution in [0.15, 0.2) is 30.7 Å². The third kappa shape index (κ3) is 3.04. The van der Waals surface area contributed by atoms with Crippen molar-refractivity contribution in [3.63, 3.8) is 0 Å². The van der Waals surface area contributed by atoms with Crippen LogP contribution < -0.4 is 5.32 Å². The normalized spacial score (nSPS) is 21.2. The van der Waals surface area contributed by atoms with Crippen LogP contribution in [0.5, 0.6) is 0 Å². The highest BCUT2D eigenvalue weighted by atomic mass is 15.2. The molecular formula is C21H28N4. The maximum absolute atomic E-state index is 4.58. The number of hydrogen-bond donors (Lipinski definition) is 1. The summed E-state index contributed by atoms with van der Waals surface area (Å²) in [5.41, 5.74) is 6.67. The van der Waals surface area contributed by atoms with Crippen molar-refractivity contribution in [1.82, 2.24) is 14.9 Å². The highest BCUT2D eigenvalue weighted by Gasteiger charge is 2.36. The molecule has 4 heteroatoms. The van der Waals surface area contributed by atoms with Gasteiger partial charge >= 0.3 is 0 Å². The van der Waals surface area contributed by atoms with Crippen LogP contribution in [0, 0.1) is 0 Å². The molecule has 1 N–H and O–H groups in total. The average Bonchev–Trinajstić information content (AvgIpc) is 3.07. The van der Waals surface area contributed by atoms with Crippen LogP contribution in [0.1, 0.15) is 50.2 Å². The first-order chi connectivity index (χ1) is 12.3. The summed E-state index contributed by atoms with van der Waals surface area (Å²) in [6, 6.07) is 5.11. The maximum atomic E-state index is 4.58. The van der Waals surface area contributed by atoms with Crippen molar-refractivity contribution >= 4 is 5.69 Å². The van der Waals surface area contributed by atoms with Crippen LogP contribution in [0.3, 0.4) is 0 Å². The van der Waals surface area contributed by atoms with Crippen LogP contribution in [0.2, 0.25) is 0 Å². The van der Waals surface area contributed by atoms with E-state index in [1.807, 2.05) is 6.20 Å². The van der Waals surface area contributed by atoms with Gasteiger partial charge in [0, 0.05) is 42.1 Å². The predicted molar refractivity (Wildman–Crippen MR) is 103 cm³/mol. The minimum atomic E-state index is 0.636. The molecule has 0 fully saturated rings. The summed E-state index contributed by atoms with van der Waals surface area (Å²) in [6.07, 6.45) is 10.3. The van der Waals surface area contributed by atoms with E-state index < -0.39 is 0 Å². The van der Waals surface area contributed by atoms with Crippen LogP contribution in [0.4, 0.5) is 5.69 Å². The zero-order valence-electron chi connectivity index (χ0n) is 15.3. The van der Waals surface area contributed by atoms with E-state index in [2.05, 4.69) is 46.2 Å². The molecule has 2 atom stereocenters. The lowest BCUT2D eigenvalue weighted by molar-refractivity contribution is 0.173. The van der Waals surface area contributed by atoms with Gasteiger partial charge < -0.3 is 10.2 Å². The Bertz CT molecular complexity index is 722. The number of rotatable bonds is 6. The second-order valence-corrected chi connectivity index (χ2v) is 7.35. The van der Waals surface area contributed by atoms with E-state index in [1.165, 1.54) is 49.2 Å². The molecule has 4 rings (SSSR count). The lowest BCUT2D eigenvalue weighted by Crippen LogP contribution is -2.41. The van der Waals surface area contributed by atoms with Gasteiger partial charge in [-0.15, -0.1) is 0 Å². The first-order valence-electron chi connectivity index (χ1n) is 9.71. The van der Waals surface area contributed by atoms with Gasteiger partial charge in [0.15, 0.2) is 0 Å². The Balaban J connectivity index is 1.74. The number of nitrogens with zero attached hydrogens (tertiary/aromatic N) is 3. The zero-order chi connectivity index (χ0) is 17.2. The van der Waals surface area contributed by atoms with Gasteiger partial charge in [-0.1, -0.05) is 19.9 Å². The maximum Gasteiger partial charge on any atom is 0.0888 e. The van der Waals surface area contributed by atoms with Gasteiger partial charge in [0.25, 0.3) is 0 Å². The number of nitrogens with one attached hydrogen (secondary N) is 1. The largest absolute Gasteiger partial charge is 0.384 e. The van der Waals surface area contributed by atoms with E-state index in [-0.39, 0.29) is 0 Å². The number of benzene rings is 1. The molecule has 0 bridgehead atoms. The summed E-state index contributed by atoms with van der Waals surface area (Å²) >= 11 is 0. The topological polar surface area (TPSA) is 41.1 Å². The molecule has 1 aromatic carbocycles.